The quantitative estimate of drug-likeness (QED) is 0.487. The molecule has 0 aliphatic carbocycles. The van der Waals surface area contributed by atoms with Crippen molar-refractivity contribution in [1.82, 2.24) is 0 Å². The summed E-state index contributed by atoms with van der Waals surface area (Å²) in [6, 6.07) is 0. The average Bonchev–Trinajstić information content (AvgIpc) is 2.08. The summed E-state index contributed by atoms with van der Waals surface area (Å²) in [5.41, 5.74) is 0. The average molecular weight is 204 g/mol. The van der Waals surface area contributed by atoms with Gasteiger partial charge in [-0.15, -0.1) is 0 Å². The lowest BCUT2D eigenvalue weighted by molar-refractivity contribution is -0.187. The van der Waals surface area contributed by atoms with Crippen molar-refractivity contribution >= 4 is 17.7 Å². The molecule has 0 spiro atoms. The van der Waals surface area contributed by atoms with Crippen LogP contribution in [0, 0.1) is 0 Å². The van der Waals surface area contributed by atoms with Crippen molar-refractivity contribution in [2.24, 2.45) is 0 Å². The molecular weight excluding hydrogens is 196 g/mol. The van der Waals surface area contributed by atoms with Crippen molar-refractivity contribution in [1.29, 1.82) is 0 Å². The lowest BCUT2D eigenvalue weighted by atomic mass is 9.99. The Labute approximate surface area is 77.9 Å². The second-order valence-corrected chi connectivity index (χ2v) is 2.84. The van der Waals surface area contributed by atoms with Crippen LogP contribution < -0.4 is 0 Å². The molecule has 78 valence electrons. The van der Waals surface area contributed by atoms with E-state index in [-0.39, 0.29) is 0 Å². The zero-order chi connectivity index (χ0) is 10.9. The third kappa shape index (κ3) is 1.88. The molecule has 3 N–H and O–H groups in total. The molecule has 1 saturated heterocycles. The molecule has 0 aromatic rings. The minimum absolute atomic E-state index is 0.514. The first-order valence-corrected chi connectivity index (χ1v) is 3.75. The Bertz CT molecular complexity index is 284. The molecule has 0 amide bonds. The van der Waals surface area contributed by atoms with Gasteiger partial charge in [0.15, 0.2) is 18.0 Å². The Hall–Kier alpha value is -1.47. The third-order valence-corrected chi connectivity index (χ3v) is 1.83. The number of carbonyl (C=O) groups is 3. The molecule has 1 aliphatic heterocycles. The highest BCUT2D eigenvalue weighted by atomic mass is 16.6. The fraction of sp³-hybridized carbons (Fsp3) is 0.571. The van der Waals surface area contributed by atoms with Crippen LogP contribution in [-0.2, 0) is 19.1 Å². The molecule has 1 fully saturated rings. The number of hydrogen-bond acceptors (Lipinski definition) is 5. The van der Waals surface area contributed by atoms with Crippen LogP contribution in [0.2, 0.25) is 0 Å². The number of carboxylic acids is 2. The fourth-order valence-electron chi connectivity index (χ4n) is 1.11. The SMILES string of the molecule is O=C(O)C1CC(=O)C(O)C(C(=O)O)O1. The number of aliphatic hydroxyl groups excluding tert-OH is 1. The van der Waals surface area contributed by atoms with Crippen LogP contribution in [0.3, 0.4) is 0 Å². The number of Topliss-reactive ketones (excluding diaryl/α,β-unsaturated/α-hetero) is 1. The Morgan fingerprint density at radius 1 is 1.29 bits per heavy atom. The van der Waals surface area contributed by atoms with Crippen molar-refractivity contribution in [3.8, 4) is 0 Å². The zero-order valence-corrected chi connectivity index (χ0v) is 6.91. The molecule has 0 bridgehead atoms. The van der Waals surface area contributed by atoms with E-state index in [1.807, 2.05) is 0 Å². The minimum atomic E-state index is -1.79. The van der Waals surface area contributed by atoms with Crippen molar-refractivity contribution in [3.63, 3.8) is 0 Å². The first-order chi connectivity index (χ1) is 6.43. The van der Waals surface area contributed by atoms with Gasteiger partial charge in [-0.1, -0.05) is 0 Å². The van der Waals surface area contributed by atoms with Crippen molar-refractivity contribution in [2.45, 2.75) is 24.7 Å². The van der Waals surface area contributed by atoms with Gasteiger partial charge >= 0.3 is 11.9 Å². The molecule has 3 atom stereocenters. The molecule has 1 rings (SSSR count). The summed E-state index contributed by atoms with van der Waals surface area (Å²) in [5.74, 6) is -3.82. The third-order valence-electron chi connectivity index (χ3n) is 1.83. The van der Waals surface area contributed by atoms with Crippen LogP contribution in [0.5, 0.6) is 0 Å². The van der Waals surface area contributed by atoms with Crippen LogP contribution >= 0.6 is 0 Å². The van der Waals surface area contributed by atoms with E-state index >= 15 is 0 Å². The van der Waals surface area contributed by atoms with Crippen molar-refractivity contribution < 1.29 is 34.4 Å². The van der Waals surface area contributed by atoms with E-state index in [9.17, 15) is 14.4 Å². The van der Waals surface area contributed by atoms with E-state index < -0.39 is 42.5 Å². The summed E-state index contributed by atoms with van der Waals surface area (Å²) < 4.78 is 4.52. The van der Waals surface area contributed by atoms with Gasteiger partial charge < -0.3 is 20.1 Å². The summed E-state index contributed by atoms with van der Waals surface area (Å²) in [6.45, 7) is 0. The van der Waals surface area contributed by atoms with Gasteiger partial charge in [-0.25, -0.2) is 9.59 Å². The molecule has 3 unspecified atom stereocenters. The second kappa shape index (κ2) is 3.72. The van der Waals surface area contributed by atoms with E-state index in [1.54, 1.807) is 0 Å². The van der Waals surface area contributed by atoms with Gasteiger partial charge in [-0.05, 0) is 0 Å². The topological polar surface area (TPSA) is 121 Å². The molecule has 7 heteroatoms. The standard InChI is InChI=1S/C7H8O7/c8-2-1-3(6(10)11)14-5(4(2)9)7(12)13/h3-5,9H,1H2,(H,10,11)(H,12,13). The maximum absolute atomic E-state index is 11.0. The van der Waals surface area contributed by atoms with Crippen LogP contribution in [0.4, 0.5) is 0 Å². The summed E-state index contributed by atoms with van der Waals surface area (Å²) >= 11 is 0. The van der Waals surface area contributed by atoms with Gasteiger partial charge in [0.05, 0.1) is 0 Å². The van der Waals surface area contributed by atoms with Crippen molar-refractivity contribution in [2.75, 3.05) is 0 Å². The number of aliphatic carboxylic acids is 2. The molecule has 7 nitrogen and oxygen atoms in total. The highest BCUT2D eigenvalue weighted by molar-refractivity contribution is 5.94. The summed E-state index contributed by atoms with van der Waals surface area (Å²) in [4.78, 5) is 31.8. The second-order valence-electron chi connectivity index (χ2n) is 2.84. The van der Waals surface area contributed by atoms with E-state index in [2.05, 4.69) is 4.74 Å². The van der Waals surface area contributed by atoms with Gasteiger partial charge in [0, 0.05) is 6.42 Å². The molecule has 1 aliphatic rings. The predicted octanol–water partition coefficient (Wildman–Crippen LogP) is -1.76. The van der Waals surface area contributed by atoms with Gasteiger partial charge in [-0.3, -0.25) is 4.79 Å². The maximum Gasteiger partial charge on any atom is 0.336 e. The van der Waals surface area contributed by atoms with Crippen LogP contribution in [0.15, 0.2) is 0 Å². The highest BCUT2D eigenvalue weighted by Crippen LogP contribution is 2.17. The first kappa shape index (κ1) is 10.6. The van der Waals surface area contributed by atoms with E-state index in [0.717, 1.165) is 0 Å². The number of carbonyl (C=O) groups excluding carboxylic acids is 1. The van der Waals surface area contributed by atoms with Gasteiger partial charge in [0.1, 0.15) is 6.10 Å². The first-order valence-electron chi connectivity index (χ1n) is 3.75. The van der Waals surface area contributed by atoms with Gasteiger partial charge in [-0.2, -0.15) is 0 Å². The van der Waals surface area contributed by atoms with Gasteiger partial charge in [0.25, 0.3) is 0 Å². The van der Waals surface area contributed by atoms with Crippen molar-refractivity contribution in [3.05, 3.63) is 0 Å². The number of ether oxygens (including phenoxy) is 1. The Kier molecular flexibility index (Phi) is 2.82. The summed E-state index contributed by atoms with van der Waals surface area (Å²) in [5, 5.41) is 26.0. The molecule has 0 radical (unpaired) electrons. The molecular formula is C7H8O7. The normalized spacial score (nSPS) is 32.6. The lowest BCUT2D eigenvalue weighted by Crippen LogP contribution is -2.51. The molecule has 0 aromatic carbocycles. The lowest BCUT2D eigenvalue weighted by Gasteiger charge is -2.27. The number of hydrogen-bond donors (Lipinski definition) is 3. The smallest absolute Gasteiger partial charge is 0.336 e. The zero-order valence-electron chi connectivity index (χ0n) is 6.91. The van der Waals surface area contributed by atoms with E-state index in [0.29, 0.717) is 0 Å². The van der Waals surface area contributed by atoms with Crippen LogP contribution in [-0.4, -0.2) is 51.4 Å². The number of rotatable bonds is 2. The fourth-order valence-corrected chi connectivity index (χ4v) is 1.11. The van der Waals surface area contributed by atoms with Crippen LogP contribution in [0.25, 0.3) is 0 Å². The Morgan fingerprint density at radius 3 is 2.29 bits per heavy atom. The Morgan fingerprint density at radius 2 is 1.86 bits per heavy atom. The van der Waals surface area contributed by atoms with Crippen LogP contribution in [0.1, 0.15) is 6.42 Å². The predicted molar refractivity (Wildman–Crippen MR) is 39.6 cm³/mol. The minimum Gasteiger partial charge on any atom is -0.479 e. The highest BCUT2D eigenvalue weighted by Gasteiger charge is 2.43. The molecule has 14 heavy (non-hydrogen) atoms. The van der Waals surface area contributed by atoms with E-state index in [1.165, 1.54) is 0 Å². The largest absolute Gasteiger partial charge is 0.479 e. The van der Waals surface area contributed by atoms with E-state index in [4.69, 9.17) is 15.3 Å². The number of ketones is 1. The summed E-state index contributed by atoms with van der Waals surface area (Å²) in [6.07, 6.45) is -5.59. The maximum atomic E-state index is 11.0. The van der Waals surface area contributed by atoms with Gasteiger partial charge in [0.2, 0.25) is 0 Å². The molecule has 1 heterocycles. The summed E-state index contributed by atoms with van der Waals surface area (Å²) in [7, 11) is 0. The number of carboxylic acid groups (broad SMARTS) is 2. The Balaban J connectivity index is 2.81. The monoisotopic (exact) mass is 204 g/mol. The molecule has 0 aromatic heterocycles. The number of aliphatic hydroxyl groups is 1. The molecule has 0 saturated carbocycles.